The van der Waals surface area contributed by atoms with Crippen molar-refractivity contribution in [1.29, 1.82) is 0 Å². The molecular formula is C23H23ClN6O2. The Bertz CT molecular complexity index is 1350. The van der Waals surface area contributed by atoms with E-state index in [-0.39, 0.29) is 11.9 Å². The molecule has 0 unspecified atom stereocenters. The summed E-state index contributed by atoms with van der Waals surface area (Å²) in [5.41, 5.74) is 4.56. The molecule has 0 atom stereocenters. The summed E-state index contributed by atoms with van der Waals surface area (Å²) in [7, 11) is 1.88. The van der Waals surface area contributed by atoms with E-state index in [2.05, 4.69) is 15.4 Å². The third kappa shape index (κ3) is 3.55. The van der Waals surface area contributed by atoms with Crippen LogP contribution in [-0.2, 0) is 7.05 Å². The van der Waals surface area contributed by atoms with Crippen LogP contribution in [0.3, 0.4) is 0 Å². The molecule has 32 heavy (non-hydrogen) atoms. The molecule has 0 aromatic carbocycles. The van der Waals surface area contributed by atoms with Crippen LogP contribution in [0.2, 0.25) is 5.15 Å². The highest BCUT2D eigenvalue weighted by atomic mass is 35.5. The van der Waals surface area contributed by atoms with E-state index < -0.39 is 5.60 Å². The zero-order valence-electron chi connectivity index (χ0n) is 18.0. The van der Waals surface area contributed by atoms with Gasteiger partial charge in [0.1, 0.15) is 16.5 Å². The first-order chi connectivity index (χ1) is 15.2. The van der Waals surface area contributed by atoms with Crippen molar-refractivity contribution in [2.24, 2.45) is 7.05 Å². The molecule has 0 saturated heterocycles. The number of amides is 1. The molecule has 8 nitrogen and oxygen atoms in total. The Morgan fingerprint density at radius 1 is 1.28 bits per heavy atom. The van der Waals surface area contributed by atoms with Crippen LogP contribution in [0.5, 0.6) is 0 Å². The van der Waals surface area contributed by atoms with Crippen molar-refractivity contribution in [3.63, 3.8) is 0 Å². The van der Waals surface area contributed by atoms with E-state index >= 15 is 0 Å². The second-order valence-electron chi connectivity index (χ2n) is 8.69. The fraction of sp³-hybridized carbons (Fsp3) is 0.304. The molecule has 0 radical (unpaired) electrons. The van der Waals surface area contributed by atoms with Gasteiger partial charge in [0.25, 0.3) is 5.91 Å². The van der Waals surface area contributed by atoms with Gasteiger partial charge in [0.05, 0.1) is 11.3 Å². The average molecular weight is 451 g/mol. The quantitative estimate of drug-likeness (QED) is 0.496. The average Bonchev–Trinajstić information content (AvgIpc) is 3.24. The third-order valence-corrected chi connectivity index (χ3v) is 6.28. The lowest BCUT2D eigenvalue weighted by Gasteiger charge is -2.41. The van der Waals surface area contributed by atoms with Gasteiger partial charge in [-0.25, -0.2) is 4.98 Å². The molecule has 0 spiro atoms. The van der Waals surface area contributed by atoms with Gasteiger partial charge in [0.2, 0.25) is 0 Å². The molecule has 9 heteroatoms. The molecule has 2 N–H and O–H groups in total. The lowest BCUT2D eigenvalue weighted by atomic mass is 9.77. The fourth-order valence-electron chi connectivity index (χ4n) is 4.38. The number of aliphatic hydroxyl groups is 1. The molecule has 1 saturated carbocycles. The maximum Gasteiger partial charge on any atom is 0.251 e. The number of hydrogen-bond acceptors (Lipinski definition) is 5. The van der Waals surface area contributed by atoms with Crippen molar-refractivity contribution < 1.29 is 9.90 Å². The van der Waals surface area contributed by atoms with Crippen LogP contribution in [0.4, 0.5) is 0 Å². The van der Waals surface area contributed by atoms with E-state index in [0.717, 1.165) is 22.4 Å². The van der Waals surface area contributed by atoms with E-state index in [0.29, 0.717) is 34.9 Å². The highest BCUT2D eigenvalue weighted by Crippen LogP contribution is 2.36. The van der Waals surface area contributed by atoms with E-state index in [4.69, 9.17) is 16.6 Å². The second-order valence-corrected chi connectivity index (χ2v) is 9.05. The van der Waals surface area contributed by atoms with E-state index in [1.807, 2.05) is 26.2 Å². The Kier molecular flexibility index (Phi) is 4.79. The lowest BCUT2D eigenvalue weighted by Crippen LogP contribution is -2.53. The molecule has 1 amide bonds. The normalized spacial score (nSPS) is 20.3. The number of halogens is 1. The number of carbonyl (C=O) groups is 1. The van der Waals surface area contributed by atoms with Gasteiger partial charge in [0.15, 0.2) is 0 Å². The van der Waals surface area contributed by atoms with Crippen molar-refractivity contribution in [1.82, 2.24) is 29.5 Å². The molecule has 4 aromatic heterocycles. The highest BCUT2D eigenvalue weighted by molar-refractivity contribution is 6.32. The minimum absolute atomic E-state index is 0.0201. The van der Waals surface area contributed by atoms with Crippen molar-refractivity contribution in [3.8, 4) is 22.4 Å². The zero-order chi connectivity index (χ0) is 22.6. The Morgan fingerprint density at radius 3 is 2.75 bits per heavy atom. The smallest absolute Gasteiger partial charge is 0.251 e. The van der Waals surface area contributed by atoms with Crippen molar-refractivity contribution in [2.75, 3.05) is 0 Å². The van der Waals surface area contributed by atoms with Gasteiger partial charge < -0.3 is 10.4 Å². The SMILES string of the molecule is Cc1nn(C)cc1-c1ccncc1-c1nc2cc(C(=O)NC3CC(C)(O)C3)ccn2c1Cl. The number of hydrogen-bond donors (Lipinski definition) is 2. The maximum absolute atomic E-state index is 12.7. The predicted octanol–water partition coefficient (Wildman–Crippen LogP) is 3.40. The number of nitrogens with zero attached hydrogens (tertiary/aromatic N) is 5. The van der Waals surface area contributed by atoms with Crippen LogP contribution in [0.25, 0.3) is 28.0 Å². The Hall–Kier alpha value is -3.23. The van der Waals surface area contributed by atoms with Crippen LogP contribution in [-0.4, -0.2) is 46.8 Å². The number of imidazole rings is 1. The molecule has 5 rings (SSSR count). The first-order valence-corrected chi connectivity index (χ1v) is 10.8. The number of pyridine rings is 2. The van der Waals surface area contributed by atoms with Crippen LogP contribution in [0.15, 0.2) is 43.0 Å². The summed E-state index contributed by atoms with van der Waals surface area (Å²) in [6.07, 6.45) is 8.28. The first-order valence-electron chi connectivity index (χ1n) is 10.4. The Morgan fingerprint density at radius 2 is 2.06 bits per heavy atom. The lowest BCUT2D eigenvalue weighted by molar-refractivity contribution is -0.0366. The third-order valence-electron chi connectivity index (χ3n) is 5.92. The molecule has 1 aliphatic rings. The summed E-state index contributed by atoms with van der Waals surface area (Å²) < 4.78 is 3.52. The number of carbonyl (C=O) groups excluding carboxylic acids is 1. The molecule has 0 bridgehead atoms. The topological polar surface area (TPSA) is 97.3 Å². The van der Waals surface area contributed by atoms with Gasteiger partial charge in [-0.2, -0.15) is 5.10 Å². The monoisotopic (exact) mass is 450 g/mol. The van der Waals surface area contributed by atoms with E-state index in [1.165, 1.54) is 0 Å². The zero-order valence-corrected chi connectivity index (χ0v) is 18.8. The van der Waals surface area contributed by atoms with Gasteiger partial charge in [-0.15, -0.1) is 0 Å². The van der Waals surface area contributed by atoms with Crippen molar-refractivity contribution >= 4 is 23.2 Å². The minimum atomic E-state index is -0.693. The standard InChI is InChI=1S/C23H23ClN6O2/c1-13-18(12-29(3)28-13)16-4-6-25-11-17(16)20-21(24)30-7-5-14(8-19(30)27-20)22(31)26-15-9-23(2,32)10-15/h4-8,11-12,15,32H,9-10H2,1-3H3,(H,26,31). The largest absolute Gasteiger partial charge is 0.390 e. The summed E-state index contributed by atoms with van der Waals surface area (Å²) in [6, 6.07) is 5.33. The molecule has 1 fully saturated rings. The number of rotatable bonds is 4. The maximum atomic E-state index is 12.7. The summed E-state index contributed by atoms with van der Waals surface area (Å²) in [4.78, 5) is 21.7. The van der Waals surface area contributed by atoms with Crippen LogP contribution in [0, 0.1) is 6.92 Å². The molecule has 1 aliphatic carbocycles. The van der Waals surface area contributed by atoms with Gasteiger partial charge in [-0.3, -0.25) is 18.9 Å². The molecule has 4 aromatic rings. The summed E-state index contributed by atoms with van der Waals surface area (Å²) in [5.74, 6) is -0.193. The van der Waals surface area contributed by atoms with Gasteiger partial charge >= 0.3 is 0 Å². The van der Waals surface area contributed by atoms with Crippen molar-refractivity contribution in [2.45, 2.75) is 38.3 Å². The summed E-state index contributed by atoms with van der Waals surface area (Å²) >= 11 is 6.70. The van der Waals surface area contributed by atoms with E-state index in [9.17, 15) is 9.90 Å². The Balaban J connectivity index is 1.51. The van der Waals surface area contributed by atoms with Crippen LogP contribution >= 0.6 is 11.6 Å². The highest BCUT2D eigenvalue weighted by Gasteiger charge is 2.39. The van der Waals surface area contributed by atoms with Crippen LogP contribution in [0.1, 0.15) is 35.8 Å². The number of aryl methyl sites for hydroxylation is 2. The summed E-state index contributed by atoms with van der Waals surface area (Å²) in [5, 5.41) is 17.7. The second kappa shape index (κ2) is 7.43. The fourth-order valence-corrected chi connectivity index (χ4v) is 4.67. The van der Waals surface area contributed by atoms with Crippen molar-refractivity contribution in [3.05, 3.63) is 59.4 Å². The Labute approximate surface area is 189 Å². The van der Waals surface area contributed by atoms with Gasteiger partial charge in [-0.1, -0.05) is 11.6 Å². The number of nitrogens with one attached hydrogen (secondary N) is 1. The molecule has 0 aliphatic heterocycles. The molecular weight excluding hydrogens is 428 g/mol. The number of aromatic nitrogens is 5. The van der Waals surface area contributed by atoms with Gasteiger partial charge in [0, 0.05) is 54.6 Å². The van der Waals surface area contributed by atoms with Crippen LogP contribution < -0.4 is 5.32 Å². The predicted molar refractivity (Wildman–Crippen MR) is 121 cm³/mol. The molecule has 164 valence electrons. The summed E-state index contributed by atoms with van der Waals surface area (Å²) in [6.45, 7) is 3.73. The van der Waals surface area contributed by atoms with Gasteiger partial charge in [-0.05, 0) is 50.5 Å². The minimum Gasteiger partial charge on any atom is -0.390 e. The number of fused-ring (bicyclic) bond motifs is 1. The molecule has 4 heterocycles. The van der Waals surface area contributed by atoms with E-state index in [1.54, 1.807) is 46.7 Å². The first kappa shape index (κ1) is 20.7.